The van der Waals surface area contributed by atoms with Gasteiger partial charge in [-0.15, -0.1) is 0 Å². The van der Waals surface area contributed by atoms with Gasteiger partial charge >= 0.3 is 5.97 Å². The molecule has 1 heterocycles. The van der Waals surface area contributed by atoms with E-state index in [2.05, 4.69) is 9.97 Å². The Balaban J connectivity index is 2.46. The van der Waals surface area contributed by atoms with E-state index in [0.717, 1.165) is 5.56 Å². The Hall–Kier alpha value is -3.18. The monoisotopic (exact) mass is 343 g/mol. The van der Waals surface area contributed by atoms with E-state index in [1.54, 1.807) is 31.2 Å². The van der Waals surface area contributed by atoms with Crippen molar-refractivity contribution in [2.24, 2.45) is 0 Å². The lowest BCUT2D eigenvalue weighted by Gasteiger charge is -2.10. The van der Waals surface area contributed by atoms with Crippen LogP contribution < -0.4 is 10.3 Å². The number of benzene rings is 1. The molecule has 24 heavy (non-hydrogen) atoms. The predicted molar refractivity (Wildman–Crippen MR) is 90.2 cm³/mol. The van der Waals surface area contributed by atoms with Crippen LogP contribution in [0.25, 0.3) is 12.2 Å². The normalized spacial score (nSPS) is 10.5. The maximum absolute atomic E-state index is 11.7. The van der Waals surface area contributed by atoms with Crippen molar-refractivity contribution in [3.05, 3.63) is 55.7 Å². The Morgan fingerprint density at radius 3 is 2.83 bits per heavy atom. The number of ether oxygens (including phenoxy) is 1. The number of rotatable bonds is 5. The lowest BCUT2D eigenvalue weighted by molar-refractivity contribution is -0.139. The number of aromatic nitrogens is 2. The minimum Gasteiger partial charge on any atom is -0.481 e. The average molecular weight is 343 g/mol. The first-order chi connectivity index (χ1) is 11.4. The van der Waals surface area contributed by atoms with E-state index in [4.69, 9.17) is 27.3 Å². The van der Waals surface area contributed by atoms with Crippen molar-refractivity contribution in [1.29, 1.82) is 5.26 Å². The first kappa shape index (κ1) is 17.2. The highest BCUT2D eigenvalue weighted by atomic mass is 32.1. The third-order valence-corrected chi connectivity index (χ3v) is 3.30. The zero-order chi connectivity index (χ0) is 17.7. The van der Waals surface area contributed by atoms with Gasteiger partial charge in [-0.25, -0.2) is 4.79 Å². The van der Waals surface area contributed by atoms with Gasteiger partial charge in [-0.05, 0) is 36.9 Å². The molecule has 0 saturated carbocycles. The quantitative estimate of drug-likeness (QED) is 0.716. The van der Waals surface area contributed by atoms with Crippen molar-refractivity contribution in [3.63, 3.8) is 0 Å². The molecule has 0 aliphatic rings. The van der Waals surface area contributed by atoms with E-state index < -0.39 is 18.1 Å². The van der Waals surface area contributed by atoms with Gasteiger partial charge in [0.2, 0.25) is 0 Å². The second-order valence-corrected chi connectivity index (χ2v) is 5.23. The second-order valence-electron chi connectivity index (χ2n) is 4.82. The molecular formula is C16H13N3O4S. The number of nitrogens with zero attached hydrogens (tertiary/aromatic N) is 1. The number of aliphatic carboxylic acids is 1. The van der Waals surface area contributed by atoms with Crippen LogP contribution in [0.5, 0.6) is 5.75 Å². The molecule has 0 radical (unpaired) electrons. The number of hydrogen-bond acceptors (Lipinski definition) is 5. The maximum atomic E-state index is 11.7. The molecule has 1 aromatic heterocycles. The number of H-pyrrole nitrogens is 2. The molecule has 3 N–H and O–H groups in total. The number of aromatic amines is 2. The molecule has 2 rings (SSSR count). The van der Waals surface area contributed by atoms with Gasteiger partial charge in [-0.1, -0.05) is 18.2 Å². The van der Waals surface area contributed by atoms with Crippen LogP contribution in [0.1, 0.15) is 22.4 Å². The molecule has 0 unspecified atom stereocenters. The Bertz CT molecular complexity index is 967. The number of carboxylic acid groups (broad SMARTS) is 1. The van der Waals surface area contributed by atoms with Gasteiger partial charge < -0.3 is 14.8 Å². The summed E-state index contributed by atoms with van der Waals surface area (Å²) >= 11 is 4.90. The first-order valence-corrected chi connectivity index (χ1v) is 7.22. The SMILES string of the molecule is Cc1cccc(/C=C/c2[nH]c(=S)[nH]c(=O)c2C#N)c1OCC(=O)O. The fourth-order valence-corrected chi connectivity index (χ4v) is 2.25. The van der Waals surface area contributed by atoms with Gasteiger partial charge in [0.25, 0.3) is 5.56 Å². The summed E-state index contributed by atoms with van der Waals surface area (Å²) < 4.78 is 5.41. The predicted octanol–water partition coefficient (Wildman–Crippen LogP) is 2.25. The van der Waals surface area contributed by atoms with Crippen LogP contribution in [0.2, 0.25) is 0 Å². The molecule has 0 spiro atoms. The first-order valence-electron chi connectivity index (χ1n) is 6.81. The molecule has 8 heteroatoms. The van der Waals surface area contributed by atoms with Gasteiger partial charge in [0.15, 0.2) is 11.4 Å². The Morgan fingerprint density at radius 2 is 2.17 bits per heavy atom. The number of hydrogen-bond donors (Lipinski definition) is 3. The largest absolute Gasteiger partial charge is 0.481 e. The fourth-order valence-electron chi connectivity index (χ4n) is 2.05. The third kappa shape index (κ3) is 3.97. The highest BCUT2D eigenvalue weighted by molar-refractivity contribution is 7.71. The zero-order valence-electron chi connectivity index (χ0n) is 12.6. The number of nitrogens with one attached hydrogen (secondary N) is 2. The van der Waals surface area contributed by atoms with Gasteiger partial charge in [-0.2, -0.15) is 5.26 Å². The topological polar surface area (TPSA) is 119 Å². The third-order valence-electron chi connectivity index (χ3n) is 3.10. The van der Waals surface area contributed by atoms with E-state index in [1.807, 2.05) is 6.07 Å². The summed E-state index contributed by atoms with van der Waals surface area (Å²) in [6.07, 6.45) is 3.14. The number of carbonyl (C=O) groups is 1. The van der Waals surface area contributed by atoms with Crippen molar-refractivity contribution < 1.29 is 14.6 Å². The van der Waals surface area contributed by atoms with Crippen LogP contribution >= 0.6 is 12.2 Å². The zero-order valence-corrected chi connectivity index (χ0v) is 13.4. The maximum Gasteiger partial charge on any atom is 0.341 e. The summed E-state index contributed by atoms with van der Waals surface area (Å²) in [5.41, 5.74) is 0.961. The molecule has 0 aliphatic carbocycles. The summed E-state index contributed by atoms with van der Waals surface area (Å²) in [7, 11) is 0. The molecule has 1 aromatic carbocycles. The summed E-state index contributed by atoms with van der Waals surface area (Å²) in [6, 6.07) is 7.12. The van der Waals surface area contributed by atoms with Crippen LogP contribution in [0.4, 0.5) is 0 Å². The number of carboxylic acids is 1. The molecule has 0 amide bonds. The van der Waals surface area contributed by atoms with Gasteiger partial charge in [0.05, 0.1) is 5.69 Å². The lowest BCUT2D eigenvalue weighted by Crippen LogP contribution is -2.13. The van der Waals surface area contributed by atoms with Gasteiger partial charge in [0, 0.05) is 5.56 Å². The smallest absolute Gasteiger partial charge is 0.341 e. The minimum atomic E-state index is -1.08. The summed E-state index contributed by atoms with van der Waals surface area (Å²) in [5, 5.41) is 17.8. The number of para-hydroxylation sites is 1. The van der Waals surface area contributed by atoms with Gasteiger partial charge in [-0.3, -0.25) is 9.78 Å². The summed E-state index contributed by atoms with van der Waals surface area (Å²) in [6.45, 7) is 1.32. The average Bonchev–Trinajstić information content (AvgIpc) is 2.51. The molecule has 122 valence electrons. The fraction of sp³-hybridized carbons (Fsp3) is 0.125. The van der Waals surface area contributed by atoms with Crippen molar-refractivity contribution in [3.8, 4) is 11.8 Å². The summed E-state index contributed by atoms with van der Waals surface area (Å²) in [5.74, 6) is -0.670. The van der Waals surface area contributed by atoms with Crippen molar-refractivity contribution in [1.82, 2.24) is 9.97 Å². The number of nitriles is 1. The van der Waals surface area contributed by atoms with Crippen molar-refractivity contribution in [2.45, 2.75) is 6.92 Å². The van der Waals surface area contributed by atoms with Crippen LogP contribution in [0, 0.1) is 23.0 Å². The minimum absolute atomic E-state index is 0.0968. The van der Waals surface area contributed by atoms with E-state index in [-0.39, 0.29) is 16.0 Å². The second kappa shape index (κ2) is 7.39. The molecular weight excluding hydrogens is 330 g/mol. The standard InChI is InChI=1S/C16H13N3O4S/c1-9-3-2-4-10(14(9)23-8-13(20)21)5-6-12-11(7-17)15(22)19-16(24)18-12/h2-6H,8H2,1H3,(H,20,21)(H2,18,19,22,24)/b6-5+. The van der Waals surface area contributed by atoms with Crippen LogP contribution in [-0.4, -0.2) is 27.7 Å². The van der Waals surface area contributed by atoms with Gasteiger partial charge in [0.1, 0.15) is 17.4 Å². The molecule has 0 fully saturated rings. The molecule has 0 bridgehead atoms. The van der Waals surface area contributed by atoms with Crippen molar-refractivity contribution in [2.75, 3.05) is 6.61 Å². The molecule has 0 saturated heterocycles. The summed E-state index contributed by atoms with van der Waals surface area (Å²) in [4.78, 5) is 27.5. The Morgan fingerprint density at radius 1 is 1.42 bits per heavy atom. The molecule has 2 aromatic rings. The van der Waals surface area contributed by atoms with E-state index >= 15 is 0 Å². The van der Waals surface area contributed by atoms with Crippen molar-refractivity contribution >= 4 is 30.3 Å². The number of aryl methyl sites for hydroxylation is 1. The molecule has 0 atom stereocenters. The Kier molecular flexibility index (Phi) is 5.29. The van der Waals surface area contributed by atoms with E-state index in [0.29, 0.717) is 11.3 Å². The highest BCUT2D eigenvalue weighted by Gasteiger charge is 2.08. The highest BCUT2D eigenvalue weighted by Crippen LogP contribution is 2.25. The van der Waals surface area contributed by atoms with Crippen LogP contribution in [0.3, 0.4) is 0 Å². The Labute approximate surface area is 141 Å². The van der Waals surface area contributed by atoms with E-state index in [9.17, 15) is 9.59 Å². The van der Waals surface area contributed by atoms with E-state index in [1.165, 1.54) is 6.08 Å². The lowest BCUT2D eigenvalue weighted by atomic mass is 10.1. The van der Waals surface area contributed by atoms with Crippen LogP contribution in [0.15, 0.2) is 23.0 Å². The molecule has 7 nitrogen and oxygen atoms in total. The molecule has 0 aliphatic heterocycles. The van der Waals surface area contributed by atoms with Crippen LogP contribution in [-0.2, 0) is 4.79 Å².